The molecule has 1 aromatic heterocycles. The first-order chi connectivity index (χ1) is 13.8. The Morgan fingerprint density at radius 2 is 1.93 bits per heavy atom. The van der Waals surface area contributed by atoms with Crippen LogP contribution in [-0.4, -0.2) is 27.8 Å². The number of hydrogen-bond acceptors (Lipinski definition) is 5. The number of rotatable bonds is 5. The molecule has 0 aliphatic heterocycles. The zero-order valence-electron chi connectivity index (χ0n) is 15.1. The Bertz CT molecular complexity index is 1100. The molecular formula is C19H15F3N4O3. The maximum Gasteiger partial charge on any atom is 0.416 e. The Balaban J connectivity index is 1.74. The number of nitrogens with one attached hydrogen (secondary N) is 1. The molecule has 150 valence electrons. The summed E-state index contributed by atoms with van der Waals surface area (Å²) < 4.78 is 44.2. The van der Waals surface area contributed by atoms with E-state index in [1.165, 1.54) is 25.4 Å². The van der Waals surface area contributed by atoms with Gasteiger partial charge in [-0.25, -0.2) is 9.48 Å². The molecule has 0 spiro atoms. The van der Waals surface area contributed by atoms with Crippen molar-refractivity contribution in [2.75, 3.05) is 12.4 Å². The van der Waals surface area contributed by atoms with Gasteiger partial charge in [-0.05, 0) is 30.3 Å². The number of carbonyl (C=O) groups excluding carboxylic acids is 1. The van der Waals surface area contributed by atoms with Crippen LogP contribution in [0.2, 0.25) is 0 Å². The molecule has 1 amide bonds. The number of halogens is 3. The molecule has 1 N–H and O–H groups in total. The summed E-state index contributed by atoms with van der Waals surface area (Å²) >= 11 is 0. The minimum absolute atomic E-state index is 0.0427. The summed E-state index contributed by atoms with van der Waals surface area (Å²) in [6.45, 7) is -0.500. The molecule has 3 aromatic rings. The van der Waals surface area contributed by atoms with E-state index < -0.39 is 29.9 Å². The molecule has 0 aliphatic carbocycles. The smallest absolute Gasteiger partial charge is 0.416 e. The third kappa shape index (κ3) is 4.98. The first kappa shape index (κ1) is 20.1. The van der Waals surface area contributed by atoms with Crippen molar-refractivity contribution in [3.8, 4) is 17.0 Å². The van der Waals surface area contributed by atoms with E-state index in [4.69, 9.17) is 4.74 Å². The topological polar surface area (TPSA) is 86.1 Å². The number of anilines is 1. The monoisotopic (exact) mass is 404 g/mol. The summed E-state index contributed by atoms with van der Waals surface area (Å²) in [7, 11) is 1.51. The number of methoxy groups -OCH3 is 1. The van der Waals surface area contributed by atoms with E-state index in [9.17, 15) is 22.8 Å². The minimum Gasteiger partial charge on any atom is -0.497 e. The summed E-state index contributed by atoms with van der Waals surface area (Å²) in [6.07, 6.45) is -3.22. The summed E-state index contributed by atoms with van der Waals surface area (Å²) in [5, 5.41) is 6.22. The van der Waals surface area contributed by atoms with Crippen molar-refractivity contribution in [2.45, 2.75) is 12.7 Å². The molecule has 7 nitrogen and oxygen atoms in total. The molecule has 0 aliphatic rings. The SMILES string of the molecule is COc1cccc(-c2cnn(CC(=O)Nc3cccc(C(F)(F)F)c3)c(=O)n2)c1. The zero-order chi connectivity index (χ0) is 21.0. The highest BCUT2D eigenvalue weighted by Gasteiger charge is 2.30. The number of ether oxygens (including phenoxy) is 1. The van der Waals surface area contributed by atoms with E-state index in [1.807, 2.05) is 0 Å². The van der Waals surface area contributed by atoms with Crippen molar-refractivity contribution >= 4 is 11.6 Å². The van der Waals surface area contributed by atoms with Gasteiger partial charge in [0, 0.05) is 11.3 Å². The van der Waals surface area contributed by atoms with Crippen LogP contribution in [0.1, 0.15) is 5.56 Å². The molecule has 0 saturated heterocycles. The predicted molar refractivity (Wildman–Crippen MR) is 98.4 cm³/mol. The van der Waals surface area contributed by atoms with Gasteiger partial charge in [0.15, 0.2) is 0 Å². The Kier molecular flexibility index (Phi) is 5.62. The Morgan fingerprint density at radius 3 is 2.62 bits per heavy atom. The maximum absolute atomic E-state index is 12.7. The number of aromatic nitrogens is 3. The number of benzene rings is 2. The average Bonchev–Trinajstić information content (AvgIpc) is 2.69. The highest BCUT2D eigenvalue weighted by atomic mass is 19.4. The second kappa shape index (κ2) is 8.13. The van der Waals surface area contributed by atoms with Gasteiger partial charge in [0.25, 0.3) is 0 Å². The largest absolute Gasteiger partial charge is 0.497 e. The Morgan fingerprint density at radius 1 is 1.17 bits per heavy atom. The second-order valence-corrected chi connectivity index (χ2v) is 5.94. The standard InChI is InChI=1S/C19H15F3N4O3/c1-29-15-7-2-4-12(8-15)16-10-23-26(18(28)25-16)11-17(27)24-14-6-3-5-13(9-14)19(20,21)22/h2-10H,11H2,1H3,(H,24,27). The summed E-state index contributed by atoms with van der Waals surface area (Å²) in [4.78, 5) is 28.2. The summed E-state index contributed by atoms with van der Waals surface area (Å²) in [5.74, 6) is -0.135. The third-order valence-electron chi connectivity index (χ3n) is 3.89. The average molecular weight is 404 g/mol. The second-order valence-electron chi connectivity index (χ2n) is 5.94. The van der Waals surface area contributed by atoms with Crippen LogP contribution >= 0.6 is 0 Å². The van der Waals surface area contributed by atoms with Crippen molar-refractivity contribution in [3.63, 3.8) is 0 Å². The highest BCUT2D eigenvalue weighted by Crippen LogP contribution is 2.30. The fraction of sp³-hybridized carbons (Fsp3) is 0.158. The first-order valence-electron chi connectivity index (χ1n) is 8.32. The quantitative estimate of drug-likeness (QED) is 0.707. The Hall–Kier alpha value is -3.69. The van der Waals surface area contributed by atoms with E-state index >= 15 is 0 Å². The van der Waals surface area contributed by atoms with E-state index in [0.29, 0.717) is 17.0 Å². The normalized spacial score (nSPS) is 11.2. The fourth-order valence-electron chi connectivity index (χ4n) is 2.50. The van der Waals surface area contributed by atoms with E-state index in [2.05, 4.69) is 15.4 Å². The molecule has 29 heavy (non-hydrogen) atoms. The van der Waals surface area contributed by atoms with Crippen LogP contribution in [0.4, 0.5) is 18.9 Å². The number of carbonyl (C=O) groups is 1. The molecule has 10 heteroatoms. The lowest BCUT2D eigenvalue weighted by atomic mass is 10.1. The van der Waals surface area contributed by atoms with Crippen molar-refractivity contribution in [1.82, 2.24) is 14.8 Å². The van der Waals surface area contributed by atoms with Gasteiger partial charge in [0.05, 0.1) is 24.6 Å². The molecular weight excluding hydrogens is 389 g/mol. The molecule has 0 saturated carbocycles. The van der Waals surface area contributed by atoms with E-state index in [-0.39, 0.29) is 5.69 Å². The first-order valence-corrected chi connectivity index (χ1v) is 8.32. The summed E-state index contributed by atoms with van der Waals surface area (Å²) in [6, 6.07) is 11.0. The van der Waals surface area contributed by atoms with Crippen LogP contribution in [0.15, 0.2) is 59.5 Å². The molecule has 0 bridgehead atoms. The number of nitrogens with zero attached hydrogens (tertiary/aromatic N) is 3. The molecule has 0 unspecified atom stereocenters. The minimum atomic E-state index is -4.53. The van der Waals surface area contributed by atoms with Crippen molar-refractivity contribution in [2.24, 2.45) is 0 Å². The van der Waals surface area contributed by atoms with Gasteiger partial charge < -0.3 is 10.1 Å². The van der Waals surface area contributed by atoms with Gasteiger partial charge in [-0.1, -0.05) is 18.2 Å². The van der Waals surface area contributed by atoms with Gasteiger partial charge in [-0.2, -0.15) is 23.3 Å². The number of hydrogen-bond donors (Lipinski definition) is 1. The number of alkyl halides is 3. The lowest BCUT2D eigenvalue weighted by Crippen LogP contribution is -2.31. The predicted octanol–water partition coefficient (Wildman–Crippen LogP) is 2.97. The van der Waals surface area contributed by atoms with Crippen LogP contribution in [0, 0.1) is 0 Å². The van der Waals surface area contributed by atoms with Crippen molar-refractivity contribution in [3.05, 3.63) is 70.8 Å². The van der Waals surface area contributed by atoms with E-state index in [1.54, 1.807) is 24.3 Å². The Labute approximate surface area is 162 Å². The summed E-state index contributed by atoms with van der Waals surface area (Å²) in [5.41, 5.74) is -0.809. The third-order valence-corrected chi connectivity index (χ3v) is 3.89. The lowest BCUT2D eigenvalue weighted by molar-refractivity contribution is -0.137. The van der Waals surface area contributed by atoms with Crippen LogP contribution in [0.5, 0.6) is 5.75 Å². The van der Waals surface area contributed by atoms with Crippen LogP contribution in [-0.2, 0) is 17.5 Å². The fourth-order valence-corrected chi connectivity index (χ4v) is 2.50. The zero-order valence-corrected chi connectivity index (χ0v) is 15.1. The maximum atomic E-state index is 12.7. The molecule has 1 heterocycles. The van der Waals surface area contributed by atoms with Gasteiger partial charge in [-0.3, -0.25) is 4.79 Å². The van der Waals surface area contributed by atoms with Gasteiger partial charge in [-0.15, -0.1) is 0 Å². The molecule has 0 radical (unpaired) electrons. The van der Waals surface area contributed by atoms with Crippen molar-refractivity contribution in [1.29, 1.82) is 0 Å². The van der Waals surface area contributed by atoms with Gasteiger partial charge >= 0.3 is 11.9 Å². The van der Waals surface area contributed by atoms with E-state index in [0.717, 1.165) is 16.8 Å². The van der Waals surface area contributed by atoms with Crippen molar-refractivity contribution < 1.29 is 22.7 Å². The lowest BCUT2D eigenvalue weighted by Gasteiger charge is -2.10. The van der Waals surface area contributed by atoms with Gasteiger partial charge in [0.1, 0.15) is 12.3 Å². The highest BCUT2D eigenvalue weighted by molar-refractivity contribution is 5.90. The molecule has 0 atom stereocenters. The molecule has 3 rings (SSSR count). The van der Waals surface area contributed by atoms with Gasteiger partial charge in [0.2, 0.25) is 5.91 Å². The molecule has 2 aromatic carbocycles. The number of amides is 1. The van der Waals surface area contributed by atoms with Crippen LogP contribution < -0.4 is 15.7 Å². The van der Waals surface area contributed by atoms with Crippen LogP contribution in [0.3, 0.4) is 0 Å². The van der Waals surface area contributed by atoms with Crippen LogP contribution in [0.25, 0.3) is 11.3 Å². The molecule has 0 fully saturated rings.